The highest BCUT2D eigenvalue weighted by Gasteiger charge is 2.20. The molecule has 4 heteroatoms. The number of carbonyl (C=O) groups is 1. The van der Waals surface area contributed by atoms with E-state index in [1.807, 2.05) is 36.2 Å². The fourth-order valence-corrected chi connectivity index (χ4v) is 2.56. The van der Waals surface area contributed by atoms with Gasteiger partial charge in [-0.1, -0.05) is 24.3 Å². The number of benzene rings is 1. The van der Waals surface area contributed by atoms with Gasteiger partial charge in [0.15, 0.2) is 0 Å². The lowest BCUT2D eigenvalue weighted by molar-refractivity contribution is 0.151. The molecule has 104 valence electrons. The quantitative estimate of drug-likeness (QED) is 0.906. The van der Waals surface area contributed by atoms with Crippen LogP contribution in [0, 0.1) is 0 Å². The molecule has 1 aromatic rings. The van der Waals surface area contributed by atoms with Crippen molar-refractivity contribution in [3.63, 3.8) is 0 Å². The maximum absolute atomic E-state index is 12.3. The van der Waals surface area contributed by atoms with Crippen molar-refractivity contribution in [2.45, 2.75) is 32.4 Å². The molecule has 2 amide bonds. The molecule has 1 fully saturated rings. The molecule has 0 atom stereocenters. The zero-order valence-electron chi connectivity index (χ0n) is 11.6. The van der Waals surface area contributed by atoms with Gasteiger partial charge in [0.05, 0.1) is 0 Å². The van der Waals surface area contributed by atoms with Gasteiger partial charge in [-0.15, -0.1) is 0 Å². The summed E-state index contributed by atoms with van der Waals surface area (Å²) in [6.45, 7) is 2.92. The van der Waals surface area contributed by atoms with Crippen molar-refractivity contribution in [1.29, 1.82) is 0 Å². The molecule has 2 N–H and O–H groups in total. The van der Waals surface area contributed by atoms with E-state index in [0.29, 0.717) is 13.1 Å². The summed E-state index contributed by atoms with van der Waals surface area (Å²) in [5.74, 6) is 0. The number of hydrogen-bond acceptors (Lipinski definition) is 2. The molecule has 0 bridgehead atoms. The highest BCUT2D eigenvalue weighted by atomic mass is 16.2. The first-order valence-electron chi connectivity index (χ1n) is 6.99. The van der Waals surface area contributed by atoms with Crippen molar-refractivity contribution in [3.05, 3.63) is 35.4 Å². The van der Waals surface area contributed by atoms with E-state index in [4.69, 9.17) is 5.73 Å². The Kier molecular flexibility index (Phi) is 4.80. The van der Waals surface area contributed by atoms with Crippen LogP contribution in [0.5, 0.6) is 0 Å². The average Bonchev–Trinajstić information content (AvgIpc) is 2.48. The lowest BCUT2D eigenvalue weighted by atomic mass is 10.1. The number of hydrogen-bond donors (Lipinski definition) is 1. The van der Waals surface area contributed by atoms with Gasteiger partial charge in [-0.2, -0.15) is 0 Å². The molecular formula is C15H23N3O. The van der Waals surface area contributed by atoms with E-state index in [1.54, 1.807) is 4.90 Å². The van der Waals surface area contributed by atoms with Gasteiger partial charge in [0, 0.05) is 33.2 Å². The van der Waals surface area contributed by atoms with E-state index in [0.717, 1.165) is 37.1 Å². The fourth-order valence-electron chi connectivity index (χ4n) is 2.56. The Morgan fingerprint density at radius 3 is 2.47 bits per heavy atom. The molecule has 0 aliphatic carbocycles. The molecule has 1 aromatic carbocycles. The number of likely N-dealkylation sites (tertiary alicyclic amines) is 1. The first-order valence-corrected chi connectivity index (χ1v) is 6.99. The predicted molar refractivity (Wildman–Crippen MR) is 76.6 cm³/mol. The normalized spacial score (nSPS) is 15.4. The van der Waals surface area contributed by atoms with Crippen LogP contribution in [0.1, 0.15) is 30.4 Å². The second-order valence-electron chi connectivity index (χ2n) is 5.16. The van der Waals surface area contributed by atoms with Gasteiger partial charge in [-0.3, -0.25) is 0 Å². The van der Waals surface area contributed by atoms with Crippen LogP contribution in [-0.2, 0) is 13.1 Å². The standard InChI is InChI=1S/C15H23N3O/c1-17(15(19)18-9-5-2-6-10-18)12-14-8-4-3-7-13(14)11-16/h3-4,7-8H,2,5-6,9-12,16H2,1H3. The summed E-state index contributed by atoms with van der Waals surface area (Å²) < 4.78 is 0. The van der Waals surface area contributed by atoms with E-state index in [2.05, 4.69) is 0 Å². The Bertz CT molecular complexity index is 427. The van der Waals surface area contributed by atoms with Crippen molar-refractivity contribution in [2.75, 3.05) is 20.1 Å². The lowest BCUT2D eigenvalue weighted by Crippen LogP contribution is -2.43. The molecule has 1 saturated heterocycles. The molecule has 1 aliphatic rings. The molecule has 0 saturated carbocycles. The summed E-state index contributed by atoms with van der Waals surface area (Å²) in [6, 6.07) is 8.18. The number of amides is 2. The zero-order chi connectivity index (χ0) is 13.7. The molecular weight excluding hydrogens is 238 g/mol. The zero-order valence-corrected chi connectivity index (χ0v) is 11.6. The van der Waals surface area contributed by atoms with Crippen molar-refractivity contribution in [2.24, 2.45) is 5.73 Å². The van der Waals surface area contributed by atoms with E-state index >= 15 is 0 Å². The van der Waals surface area contributed by atoms with Crippen LogP contribution < -0.4 is 5.73 Å². The SMILES string of the molecule is CN(Cc1ccccc1CN)C(=O)N1CCCCC1. The van der Waals surface area contributed by atoms with E-state index in [9.17, 15) is 4.79 Å². The van der Waals surface area contributed by atoms with Gasteiger partial charge in [0.2, 0.25) is 0 Å². The van der Waals surface area contributed by atoms with E-state index < -0.39 is 0 Å². The fraction of sp³-hybridized carbons (Fsp3) is 0.533. The van der Waals surface area contributed by atoms with Gasteiger partial charge in [-0.25, -0.2) is 4.79 Å². The Labute approximate surface area is 115 Å². The monoisotopic (exact) mass is 261 g/mol. The molecule has 1 heterocycles. The first-order chi connectivity index (χ1) is 9.22. The topological polar surface area (TPSA) is 49.6 Å². The average molecular weight is 261 g/mol. The molecule has 0 unspecified atom stereocenters. The van der Waals surface area contributed by atoms with Crippen molar-refractivity contribution < 1.29 is 4.79 Å². The van der Waals surface area contributed by atoms with Gasteiger partial charge in [-0.05, 0) is 30.4 Å². The number of nitrogens with zero attached hydrogens (tertiary/aromatic N) is 2. The van der Waals surface area contributed by atoms with Crippen molar-refractivity contribution in [1.82, 2.24) is 9.80 Å². The minimum absolute atomic E-state index is 0.131. The Balaban J connectivity index is 1.99. The van der Waals surface area contributed by atoms with Crippen LogP contribution in [0.15, 0.2) is 24.3 Å². The third-order valence-electron chi connectivity index (χ3n) is 3.70. The number of urea groups is 1. The number of piperidine rings is 1. The second-order valence-corrected chi connectivity index (χ2v) is 5.16. The summed E-state index contributed by atoms with van der Waals surface area (Å²) in [6.07, 6.45) is 3.49. The molecule has 4 nitrogen and oxygen atoms in total. The van der Waals surface area contributed by atoms with E-state index in [-0.39, 0.29) is 6.03 Å². The third-order valence-corrected chi connectivity index (χ3v) is 3.70. The first kappa shape index (κ1) is 13.9. The van der Waals surface area contributed by atoms with Gasteiger partial charge >= 0.3 is 6.03 Å². The molecule has 2 rings (SSSR count). The smallest absolute Gasteiger partial charge is 0.320 e. The van der Waals surface area contributed by atoms with Crippen LogP contribution in [0.3, 0.4) is 0 Å². The van der Waals surface area contributed by atoms with Crippen LogP contribution in [0.4, 0.5) is 4.79 Å². The Morgan fingerprint density at radius 1 is 1.21 bits per heavy atom. The van der Waals surface area contributed by atoms with Gasteiger partial charge in [0.25, 0.3) is 0 Å². The number of rotatable bonds is 3. The number of nitrogens with two attached hydrogens (primary N) is 1. The minimum atomic E-state index is 0.131. The third kappa shape index (κ3) is 3.47. The predicted octanol–water partition coefficient (Wildman–Crippen LogP) is 2.18. The Hall–Kier alpha value is -1.55. The van der Waals surface area contributed by atoms with Gasteiger partial charge in [0.1, 0.15) is 0 Å². The van der Waals surface area contributed by atoms with Crippen LogP contribution in [-0.4, -0.2) is 36.0 Å². The minimum Gasteiger partial charge on any atom is -0.326 e. The lowest BCUT2D eigenvalue weighted by Gasteiger charge is -2.31. The summed E-state index contributed by atoms with van der Waals surface area (Å²) in [7, 11) is 1.87. The van der Waals surface area contributed by atoms with E-state index in [1.165, 1.54) is 6.42 Å². The largest absolute Gasteiger partial charge is 0.326 e. The highest BCUT2D eigenvalue weighted by molar-refractivity contribution is 5.74. The van der Waals surface area contributed by atoms with Crippen LogP contribution in [0.25, 0.3) is 0 Å². The number of carbonyl (C=O) groups excluding carboxylic acids is 1. The molecule has 0 spiro atoms. The second kappa shape index (κ2) is 6.57. The molecule has 19 heavy (non-hydrogen) atoms. The maximum atomic E-state index is 12.3. The summed E-state index contributed by atoms with van der Waals surface area (Å²) in [4.78, 5) is 16.1. The summed E-state index contributed by atoms with van der Waals surface area (Å²) >= 11 is 0. The summed E-state index contributed by atoms with van der Waals surface area (Å²) in [5, 5.41) is 0. The van der Waals surface area contributed by atoms with Crippen LogP contribution in [0.2, 0.25) is 0 Å². The van der Waals surface area contributed by atoms with Crippen LogP contribution >= 0.6 is 0 Å². The van der Waals surface area contributed by atoms with Crippen molar-refractivity contribution in [3.8, 4) is 0 Å². The van der Waals surface area contributed by atoms with Gasteiger partial charge < -0.3 is 15.5 Å². The highest BCUT2D eigenvalue weighted by Crippen LogP contribution is 2.14. The maximum Gasteiger partial charge on any atom is 0.320 e. The molecule has 0 radical (unpaired) electrons. The molecule has 1 aliphatic heterocycles. The summed E-state index contributed by atoms with van der Waals surface area (Å²) in [5.41, 5.74) is 7.98. The Morgan fingerprint density at radius 2 is 1.84 bits per heavy atom. The molecule has 0 aromatic heterocycles. The van der Waals surface area contributed by atoms with Crippen molar-refractivity contribution >= 4 is 6.03 Å².